The molecule has 1 atom stereocenters. The molecule has 1 unspecified atom stereocenters. The molecular formula is C15H21N3O2. The molecule has 2 rings (SSSR count). The maximum Gasteiger partial charge on any atom is 0.138 e. The molecule has 5 heteroatoms. The third-order valence-corrected chi connectivity index (χ3v) is 3.26. The molecule has 5 nitrogen and oxygen atoms in total. The second kappa shape index (κ2) is 6.52. The molecule has 0 aliphatic carbocycles. The lowest BCUT2D eigenvalue weighted by Gasteiger charge is -2.15. The van der Waals surface area contributed by atoms with E-state index in [1.165, 1.54) is 6.33 Å². The highest BCUT2D eigenvalue weighted by Gasteiger charge is 2.17. The Hall–Kier alpha value is -1.88. The highest BCUT2D eigenvalue weighted by Crippen LogP contribution is 2.28. The highest BCUT2D eigenvalue weighted by molar-refractivity contribution is 5.38. The van der Waals surface area contributed by atoms with Gasteiger partial charge in [-0.25, -0.2) is 4.98 Å². The topological polar surface area (TPSA) is 60.2 Å². The number of hydrogen-bond donors (Lipinski definition) is 1. The summed E-state index contributed by atoms with van der Waals surface area (Å²) >= 11 is 0. The minimum Gasteiger partial charge on any atom is -0.496 e. The monoisotopic (exact) mass is 275 g/mol. The third-order valence-electron chi connectivity index (χ3n) is 3.26. The Morgan fingerprint density at radius 1 is 1.40 bits per heavy atom. The van der Waals surface area contributed by atoms with Gasteiger partial charge in [0, 0.05) is 18.5 Å². The van der Waals surface area contributed by atoms with Gasteiger partial charge in [0.2, 0.25) is 0 Å². The van der Waals surface area contributed by atoms with Gasteiger partial charge in [-0.2, -0.15) is 5.10 Å². The Morgan fingerprint density at radius 2 is 2.20 bits per heavy atom. The molecule has 1 N–H and O–H groups in total. The van der Waals surface area contributed by atoms with E-state index in [-0.39, 0.29) is 0 Å². The van der Waals surface area contributed by atoms with Crippen molar-refractivity contribution in [3.8, 4) is 5.75 Å². The van der Waals surface area contributed by atoms with Crippen molar-refractivity contribution in [3.63, 3.8) is 0 Å². The van der Waals surface area contributed by atoms with Gasteiger partial charge in [0.15, 0.2) is 0 Å². The van der Waals surface area contributed by atoms with Crippen LogP contribution in [0.25, 0.3) is 0 Å². The first-order valence-corrected chi connectivity index (χ1v) is 6.85. The molecular weight excluding hydrogens is 254 g/mol. The summed E-state index contributed by atoms with van der Waals surface area (Å²) in [5.74, 6) is 1.50. The van der Waals surface area contributed by atoms with Crippen LogP contribution in [0.4, 0.5) is 0 Å². The van der Waals surface area contributed by atoms with Crippen LogP contribution in [0.2, 0.25) is 0 Å². The summed E-state index contributed by atoms with van der Waals surface area (Å²) in [6, 6.07) is 5.80. The number of nitrogens with zero attached hydrogens (tertiary/aromatic N) is 3. The number of ether oxygens (including phenoxy) is 1. The third kappa shape index (κ3) is 3.17. The van der Waals surface area contributed by atoms with Crippen LogP contribution in [0.1, 0.15) is 36.4 Å². The van der Waals surface area contributed by atoms with Crippen LogP contribution >= 0.6 is 0 Å². The van der Waals surface area contributed by atoms with E-state index in [0.29, 0.717) is 12.2 Å². The summed E-state index contributed by atoms with van der Waals surface area (Å²) in [4.78, 5) is 4.22. The Kier molecular flexibility index (Phi) is 4.74. The number of aryl methyl sites for hydroxylation is 2. The molecule has 20 heavy (non-hydrogen) atoms. The molecule has 2 aromatic rings. The van der Waals surface area contributed by atoms with Gasteiger partial charge in [0.25, 0.3) is 0 Å². The lowest BCUT2D eigenvalue weighted by Crippen LogP contribution is -2.11. The Labute approximate surface area is 119 Å². The van der Waals surface area contributed by atoms with E-state index in [1.54, 1.807) is 7.11 Å². The summed E-state index contributed by atoms with van der Waals surface area (Å²) in [5.41, 5.74) is 1.89. The number of aromatic nitrogens is 3. The fraction of sp³-hybridized carbons (Fsp3) is 0.467. The lowest BCUT2D eigenvalue weighted by atomic mass is 10.0. The van der Waals surface area contributed by atoms with Crippen molar-refractivity contribution in [3.05, 3.63) is 41.5 Å². The van der Waals surface area contributed by atoms with Gasteiger partial charge in [0.05, 0.1) is 13.2 Å². The van der Waals surface area contributed by atoms with Crippen molar-refractivity contribution in [1.82, 2.24) is 14.8 Å². The van der Waals surface area contributed by atoms with Crippen LogP contribution in [-0.4, -0.2) is 27.0 Å². The minimum atomic E-state index is -0.648. The van der Waals surface area contributed by atoms with Crippen molar-refractivity contribution < 1.29 is 9.84 Å². The van der Waals surface area contributed by atoms with Gasteiger partial charge in [-0.3, -0.25) is 4.68 Å². The molecule has 0 bridgehead atoms. The van der Waals surface area contributed by atoms with Crippen LogP contribution in [0.15, 0.2) is 24.5 Å². The summed E-state index contributed by atoms with van der Waals surface area (Å²) in [6.07, 6.45) is 2.30. The van der Waals surface area contributed by atoms with Gasteiger partial charge in [-0.15, -0.1) is 0 Å². The average molecular weight is 275 g/mol. The quantitative estimate of drug-likeness (QED) is 0.878. The Balaban J connectivity index is 2.19. The molecule has 108 valence electrons. The maximum atomic E-state index is 10.4. The Morgan fingerprint density at radius 3 is 2.90 bits per heavy atom. The van der Waals surface area contributed by atoms with Crippen molar-refractivity contribution in [1.29, 1.82) is 0 Å². The fourth-order valence-electron chi connectivity index (χ4n) is 2.22. The van der Waals surface area contributed by atoms with Crippen LogP contribution in [-0.2, 0) is 13.0 Å². The number of aliphatic hydroxyl groups is 1. The number of rotatable bonds is 6. The molecule has 0 aliphatic heterocycles. The predicted octanol–water partition coefficient (Wildman–Crippen LogP) is 2.28. The van der Waals surface area contributed by atoms with Crippen LogP contribution in [0.3, 0.4) is 0 Å². The highest BCUT2D eigenvalue weighted by atomic mass is 16.5. The summed E-state index contributed by atoms with van der Waals surface area (Å²) in [5, 5.41) is 14.6. The fourth-order valence-corrected chi connectivity index (χ4v) is 2.22. The normalized spacial score (nSPS) is 12.4. The number of methoxy groups -OCH3 is 1. The van der Waals surface area contributed by atoms with E-state index >= 15 is 0 Å². The average Bonchev–Trinajstić information content (AvgIpc) is 2.86. The molecule has 1 aromatic carbocycles. The molecule has 0 aliphatic rings. The van der Waals surface area contributed by atoms with Crippen molar-refractivity contribution >= 4 is 0 Å². The second-order valence-electron chi connectivity index (χ2n) is 4.86. The molecule has 1 heterocycles. The van der Waals surface area contributed by atoms with Gasteiger partial charge < -0.3 is 9.84 Å². The van der Waals surface area contributed by atoms with E-state index in [1.807, 2.05) is 29.8 Å². The molecule has 0 amide bonds. The minimum absolute atomic E-state index is 0.430. The van der Waals surface area contributed by atoms with Crippen LogP contribution in [0, 0.1) is 6.92 Å². The van der Waals surface area contributed by atoms with Crippen LogP contribution < -0.4 is 4.74 Å². The molecule has 0 spiro atoms. The number of hydrogen-bond acceptors (Lipinski definition) is 4. The molecule has 0 saturated heterocycles. The van der Waals surface area contributed by atoms with Crippen molar-refractivity contribution in [2.75, 3.05) is 7.11 Å². The Bertz CT molecular complexity index is 566. The van der Waals surface area contributed by atoms with E-state index < -0.39 is 6.10 Å². The first kappa shape index (κ1) is 14.5. The zero-order valence-electron chi connectivity index (χ0n) is 12.2. The molecule has 1 aromatic heterocycles. The largest absolute Gasteiger partial charge is 0.496 e. The van der Waals surface area contributed by atoms with E-state index in [2.05, 4.69) is 17.0 Å². The van der Waals surface area contributed by atoms with Gasteiger partial charge in [0.1, 0.15) is 17.9 Å². The van der Waals surface area contributed by atoms with E-state index in [4.69, 9.17) is 4.74 Å². The second-order valence-corrected chi connectivity index (χ2v) is 4.86. The zero-order chi connectivity index (χ0) is 14.5. The van der Waals surface area contributed by atoms with Gasteiger partial charge >= 0.3 is 0 Å². The first-order valence-electron chi connectivity index (χ1n) is 6.85. The maximum absolute atomic E-state index is 10.4. The summed E-state index contributed by atoms with van der Waals surface area (Å²) in [7, 11) is 1.62. The summed E-state index contributed by atoms with van der Waals surface area (Å²) in [6.45, 7) is 4.90. The lowest BCUT2D eigenvalue weighted by molar-refractivity contribution is 0.169. The smallest absolute Gasteiger partial charge is 0.138 e. The number of benzene rings is 1. The van der Waals surface area contributed by atoms with Gasteiger partial charge in [-0.1, -0.05) is 19.1 Å². The summed E-state index contributed by atoms with van der Waals surface area (Å²) < 4.78 is 7.18. The molecule has 0 radical (unpaired) electrons. The van der Waals surface area contributed by atoms with Crippen molar-refractivity contribution in [2.24, 2.45) is 0 Å². The van der Waals surface area contributed by atoms with Crippen molar-refractivity contribution in [2.45, 2.75) is 39.3 Å². The van der Waals surface area contributed by atoms with Gasteiger partial charge in [-0.05, 0) is 25.0 Å². The first-order chi connectivity index (χ1) is 9.65. The van der Waals surface area contributed by atoms with E-state index in [0.717, 1.165) is 29.9 Å². The predicted molar refractivity (Wildman–Crippen MR) is 76.7 cm³/mol. The van der Waals surface area contributed by atoms with E-state index in [9.17, 15) is 5.11 Å². The number of aliphatic hydroxyl groups excluding tert-OH is 1. The standard InChI is InChI=1S/C15H21N3O2/c1-4-7-18-15(16-10-17-18)9-13(19)12-6-5-11(2)8-14(12)20-3/h5-6,8,10,13,19H,4,7,9H2,1-3H3. The van der Waals surface area contributed by atoms with Crippen LogP contribution in [0.5, 0.6) is 5.75 Å². The SMILES string of the molecule is CCCn1ncnc1CC(O)c1ccc(C)cc1OC. The zero-order valence-corrected chi connectivity index (χ0v) is 12.2. The molecule has 0 saturated carbocycles. The molecule has 0 fully saturated rings.